The number of nitrogens with one attached hydrogen (secondary N) is 1. The van der Waals surface area contributed by atoms with Gasteiger partial charge in [-0.1, -0.05) is 48.2 Å². The van der Waals surface area contributed by atoms with Gasteiger partial charge in [0.15, 0.2) is 26.5 Å². The van der Waals surface area contributed by atoms with Crippen LogP contribution in [0.2, 0.25) is 0 Å². The molecule has 12 heteroatoms. The largest absolute Gasteiger partial charge is 0.454 e. The van der Waals surface area contributed by atoms with E-state index in [1.165, 1.54) is 11.8 Å². The lowest BCUT2D eigenvalue weighted by atomic mass is 10.1. The molecule has 0 bridgehead atoms. The van der Waals surface area contributed by atoms with Crippen LogP contribution < -0.4 is 14.8 Å². The van der Waals surface area contributed by atoms with E-state index in [1.807, 2.05) is 53.4 Å². The predicted molar refractivity (Wildman–Crippen MR) is 148 cm³/mol. The van der Waals surface area contributed by atoms with E-state index in [2.05, 4.69) is 10.3 Å². The lowest BCUT2D eigenvalue weighted by Crippen LogP contribution is -2.45. The van der Waals surface area contributed by atoms with Gasteiger partial charge in [0.05, 0.1) is 17.5 Å². The third-order valence-corrected chi connectivity index (χ3v) is 9.69. The summed E-state index contributed by atoms with van der Waals surface area (Å²) in [6.07, 6.45) is -0.486. The van der Waals surface area contributed by atoms with E-state index in [0.717, 1.165) is 11.1 Å². The number of amides is 2. The number of rotatable bonds is 6. The van der Waals surface area contributed by atoms with Crippen LogP contribution in [0.15, 0.2) is 53.5 Å². The molecule has 3 heterocycles. The fourth-order valence-electron chi connectivity index (χ4n) is 4.73. The molecule has 0 spiro atoms. The number of ether oxygens (including phenoxy) is 3. The number of alkyl carbamates (subject to hydrolysis) is 1. The molecule has 1 N–H and O–H groups in total. The van der Waals surface area contributed by atoms with Gasteiger partial charge in [-0.15, -0.1) is 0 Å². The summed E-state index contributed by atoms with van der Waals surface area (Å²) >= 11 is 1.29. The van der Waals surface area contributed by atoms with E-state index in [0.29, 0.717) is 23.2 Å². The molecule has 0 aliphatic carbocycles. The first-order valence-corrected chi connectivity index (χ1v) is 15.3. The molecular formula is C27H31N3O7S2. The molecule has 2 fully saturated rings. The zero-order chi connectivity index (χ0) is 27.8. The van der Waals surface area contributed by atoms with Crippen LogP contribution in [0.4, 0.5) is 4.79 Å². The number of sulfone groups is 1. The summed E-state index contributed by atoms with van der Waals surface area (Å²) in [5.41, 5.74) is 0.992. The topological polar surface area (TPSA) is 124 Å². The number of aliphatic imine (C=N–C) groups is 1. The molecule has 208 valence electrons. The monoisotopic (exact) mass is 573 g/mol. The van der Waals surface area contributed by atoms with Gasteiger partial charge in [-0.05, 0) is 44.0 Å². The van der Waals surface area contributed by atoms with E-state index in [1.54, 1.807) is 20.8 Å². The van der Waals surface area contributed by atoms with Crippen LogP contribution in [0.5, 0.6) is 11.5 Å². The van der Waals surface area contributed by atoms with Crippen molar-refractivity contribution in [3.8, 4) is 11.5 Å². The minimum atomic E-state index is -3.20. The number of hydrogen-bond acceptors (Lipinski definition) is 8. The van der Waals surface area contributed by atoms with Gasteiger partial charge in [0.1, 0.15) is 11.6 Å². The highest BCUT2D eigenvalue weighted by Gasteiger charge is 2.49. The van der Waals surface area contributed by atoms with Crippen molar-refractivity contribution in [2.75, 3.05) is 18.3 Å². The van der Waals surface area contributed by atoms with E-state index in [-0.39, 0.29) is 36.0 Å². The second-order valence-corrected chi connectivity index (χ2v) is 14.1. The minimum absolute atomic E-state index is 0.00791. The number of thioether (sulfide) groups is 1. The number of amidine groups is 1. The number of benzene rings is 2. The summed E-state index contributed by atoms with van der Waals surface area (Å²) in [5, 5.41) is 2.88. The summed E-state index contributed by atoms with van der Waals surface area (Å²) in [6.45, 7) is 5.73. The number of carbonyl (C=O) groups excluding carboxylic acids is 2. The van der Waals surface area contributed by atoms with Crippen molar-refractivity contribution >= 4 is 38.8 Å². The Balaban J connectivity index is 1.41. The number of carbonyl (C=O) groups is 2. The van der Waals surface area contributed by atoms with Gasteiger partial charge in [0.25, 0.3) is 5.91 Å². The van der Waals surface area contributed by atoms with Gasteiger partial charge in [-0.25, -0.2) is 13.2 Å². The number of fused-ring (bicyclic) bond motifs is 2. The van der Waals surface area contributed by atoms with Crippen molar-refractivity contribution < 1.29 is 32.2 Å². The fraction of sp³-hybridized carbons (Fsp3) is 0.444. The first-order valence-electron chi connectivity index (χ1n) is 12.6. The molecule has 10 nitrogen and oxygen atoms in total. The van der Waals surface area contributed by atoms with Crippen molar-refractivity contribution in [3.05, 3.63) is 59.7 Å². The van der Waals surface area contributed by atoms with E-state index < -0.39 is 33.5 Å². The Morgan fingerprint density at radius 1 is 1.10 bits per heavy atom. The minimum Gasteiger partial charge on any atom is -0.454 e. The maximum atomic E-state index is 13.6. The van der Waals surface area contributed by atoms with E-state index >= 15 is 0 Å². The van der Waals surface area contributed by atoms with Gasteiger partial charge >= 0.3 is 6.09 Å². The molecule has 3 atom stereocenters. The molecule has 5 rings (SSSR count). The predicted octanol–water partition coefficient (Wildman–Crippen LogP) is 3.15. The van der Waals surface area contributed by atoms with Crippen molar-refractivity contribution in [2.45, 2.75) is 56.7 Å². The van der Waals surface area contributed by atoms with Crippen LogP contribution in [0.25, 0.3) is 0 Å². The smallest absolute Gasteiger partial charge is 0.408 e. The van der Waals surface area contributed by atoms with Crippen LogP contribution in [-0.2, 0) is 32.3 Å². The maximum Gasteiger partial charge on any atom is 0.408 e. The maximum absolute atomic E-state index is 13.6. The highest BCUT2D eigenvalue weighted by molar-refractivity contribution is 8.15. The third kappa shape index (κ3) is 6.67. The van der Waals surface area contributed by atoms with Crippen LogP contribution in [-0.4, -0.2) is 71.7 Å². The average Bonchev–Trinajstić information content (AvgIpc) is 3.51. The average molecular weight is 574 g/mol. The molecule has 3 aliphatic heterocycles. The number of nitrogens with zero attached hydrogens (tertiary/aromatic N) is 2. The second kappa shape index (κ2) is 10.7. The molecule has 0 aromatic heterocycles. The summed E-state index contributed by atoms with van der Waals surface area (Å²) in [4.78, 5) is 32.5. The van der Waals surface area contributed by atoms with Crippen molar-refractivity contribution in [2.24, 2.45) is 4.99 Å². The third-order valence-electron chi connectivity index (χ3n) is 6.44. The molecule has 39 heavy (non-hydrogen) atoms. The summed E-state index contributed by atoms with van der Waals surface area (Å²) < 4.78 is 41.1. The SMILES string of the molecule is CC(C)(C)OC(=O)N[C@H](Cc1ccccc1)C(=O)N=C1S[C@@H]2CS(=O)(=O)C[C@H]2N1Cc1ccc2c(c1)OCO2. The molecule has 2 aromatic rings. The molecule has 0 saturated carbocycles. The van der Waals surface area contributed by atoms with E-state index in [4.69, 9.17) is 14.2 Å². The quantitative estimate of drug-likeness (QED) is 0.555. The molecule has 3 aliphatic rings. The second-order valence-electron chi connectivity index (χ2n) is 10.7. The summed E-state index contributed by atoms with van der Waals surface area (Å²) in [5.74, 6) is 0.750. The number of hydrogen-bond donors (Lipinski definition) is 1. The van der Waals surface area contributed by atoms with Crippen LogP contribution in [0.1, 0.15) is 31.9 Å². The molecule has 2 saturated heterocycles. The van der Waals surface area contributed by atoms with Crippen molar-refractivity contribution in [1.29, 1.82) is 0 Å². The Labute approximate surface area is 232 Å². The van der Waals surface area contributed by atoms with Crippen molar-refractivity contribution in [1.82, 2.24) is 10.2 Å². The Hall–Kier alpha value is -3.25. The zero-order valence-corrected chi connectivity index (χ0v) is 23.6. The molecule has 0 unspecified atom stereocenters. The zero-order valence-electron chi connectivity index (χ0n) is 22.0. The van der Waals surface area contributed by atoms with Gasteiger partial charge in [0, 0.05) is 18.2 Å². The normalized spacial score (nSPS) is 22.9. The van der Waals surface area contributed by atoms with Crippen LogP contribution in [0.3, 0.4) is 0 Å². The van der Waals surface area contributed by atoms with Crippen molar-refractivity contribution in [3.63, 3.8) is 0 Å². The van der Waals surface area contributed by atoms with Gasteiger partial charge in [0.2, 0.25) is 6.79 Å². The summed E-state index contributed by atoms with van der Waals surface area (Å²) in [6, 6.07) is 13.6. The van der Waals surface area contributed by atoms with Crippen LogP contribution in [0, 0.1) is 0 Å². The van der Waals surface area contributed by atoms with E-state index in [9.17, 15) is 18.0 Å². The van der Waals surface area contributed by atoms with Gasteiger partial charge in [-0.2, -0.15) is 4.99 Å². The molecule has 0 radical (unpaired) electrons. The molecule has 2 aromatic carbocycles. The first kappa shape index (κ1) is 27.3. The first-order chi connectivity index (χ1) is 18.5. The Bertz CT molecular complexity index is 1390. The van der Waals surface area contributed by atoms with Gasteiger partial charge < -0.3 is 24.4 Å². The Kier molecular flexibility index (Phi) is 7.51. The van der Waals surface area contributed by atoms with Gasteiger partial charge in [-0.3, -0.25) is 4.79 Å². The molecular weight excluding hydrogens is 542 g/mol. The summed E-state index contributed by atoms with van der Waals surface area (Å²) in [7, 11) is -3.20. The van der Waals surface area contributed by atoms with Crippen LogP contribution >= 0.6 is 11.8 Å². The fourth-order valence-corrected chi connectivity index (χ4v) is 8.68. The molecule has 2 amide bonds. The highest BCUT2D eigenvalue weighted by Crippen LogP contribution is 2.40. The lowest BCUT2D eigenvalue weighted by molar-refractivity contribution is -0.119. The highest BCUT2D eigenvalue weighted by atomic mass is 32.2. The Morgan fingerprint density at radius 3 is 2.59 bits per heavy atom. The Morgan fingerprint density at radius 2 is 1.85 bits per heavy atom. The lowest BCUT2D eigenvalue weighted by Gasteiger charge is -2.25. The standard InChI is InChI=1S/C27H31N3O7S2/c1-27(2,3)37-26(32)28-19(11-17-7-5-4-6-8-17)24(31)29-25-30(20-14-39(33,34)15-23(20)38-25)13-18-9-10-21-22(12-18)36-16-35-21/h4-10,12,19-20,23H,11,13-16H2,1-3H3,(H,28,32)/t19-,20-,23-/m1/s1.